The van der Waals surface area contributed by atoms with Crippen LogP contribution in [0.25, 0.3) is 10.9 Å². The van der Waals surface area contributed by atoms with Gasteiger partial charge in [-0.2, -0.15) is 5.10 Å². The van der Waals surface area contributed by atoms with Crippen LogP contribution in [0.2, 0.25) is 0 Å². The zero-order valence-electron chi connectivity index (χ0n) is 10.9. The average molecular weight is 361 g/mol. The van der Waals surface area contributed by atoms with Crippen LogP contribution in [0.4, 0.5) is 8.78 Å². The van der Waals surface area contributed by atoms with E-state index in [0.29, 0.717) is 13.0 Å². The highest BCUT2D eigenvalue weighted by atomic mass is 79.9. The number of ether oxygens (including phenoxy) is 1. The highest BCUT2D eigenvalue weighted by Crippen LogP contribution is 2.31. The summed E-state index contributed by atoms with van der Waals surface area (Å²) in [7, 11) is -2.12. The van der Waals surface area contributed by atoms with Crippen molar-refractivity contribution in [2.45, 2.75) is 25.5 Å². The van der Waals surface area contributed by atoms with Crippen molar-refractivity contribution in [1.82, 2.24) is 9.78 Å². The van der Waals surface area contributed by atoms with E-state index in [1.165, 1.54) is 10.9 Å². The van der Waals surface area contributed by atoms with Crippen LogP contribution >= 0.6 is 15.9 Å². The molecule has 1 saturated heterocycles. The maximum Gasteiger partial charge on any atom is 0.492 e. The van der Waals surface area contributed by atoms with E-state index in [9.17, 15) is 18.8 Å². The molecule has 0 aliphatic carbocycles. The van der Waals surface area contributed by atoms with Gasteiger partial charge in [-0.3, -0.25) is 0 Å². The Balaban J connectivity index is 2.22. The van der Waals surface area contributed by atoms with Crippen molar-refractivity contribution in [1.29, 1.82) is 0 Å². The molecule has 1 unspecified atom stereocenters. The molecule has 1 fully saturated rings. The van der Waals surface area contributed by atoms with Gasteiger partial charge in [0.25, 0.3) is 0 Å². The summed E-state index contributed by atoms with van der Waals surface area (Å²) in [6.07, 6.45) is 3.43. The smallest absolute Gasteiger partial charge is 0.423 e. The lowest BCUT2D eigenvalue weighted by atomic mass is 9.79. The molecule has 1 aliphatic heterocycles. The van der Waals surface area contributed by atoms with E-state index < -0.39 is 30.4 Å². The first-order valence-corrected chi connectivity index (χ1v) is 7.33. The van der Waals surface area contributed by atoms with Crippen molar-refractivity contribution in [3.8, 4) is 0 Å². The molecule has 5 nitrogen and oxygen atoms in total. The van der Waals surface area contributed by atoms with Crippen molar-refractivity contribution in [2.75, 3.05) is 6.61 Å². The van der Waals surface area contributed by atoms with Crippen LogP contribution in [-0.2, 0) is 4.74 Å². The second kappa shape index (κ2) is 5.64. The molecule has 1 aromatic heterocycles. The predicted octanol–water partition coefficient (Wildman–Crippen LogP) is 1.46. The Labute approximate surface area is 127 Å². The molecule has 2 heterocycles. The normalized spacial score (nSPS) is 19.2. The van der Waals surface area contributed by atoms with Gasteiger partial charge in [0, 0.05) is 21.9 Å². The molecule has 0 saturated carbocycles. The number of hydrogen-bond donors (Lipinski definition) is 2. The Morgan fingerprint density at radius 3 is 2.71 bits per heavy atom. The van der Waals surface area contributed by atoms with E-state index in [-0.39, 0.29) is 15.4 Å². The Morgan fingerprint density at radius 1 is 1.33 bits per heavy atom. The molecule has 9 heteroatoms. The van der Waals surface area contributed by atoms with Crippen LogP contribution in [0.3, 0.4) is 0 Å². The first-order chi connectivity index (χ1) is 10.0. The highest BCUT2D eigenvalue weighted by molar-refractivity contribution is 9.10. The number of nitrogens with zero attached hydrogens (tertiary/aromatic N) is 2. The zero-order chi connectivity index (χ0) is 15.1. The van der Waals surface area contributed by atoms with Crippen molar-refractivity contribution >= 4 is 39.4 Å². The van der Waals surface area contributed by atoms with Crippen molar-refractivity contribution in [3.05, 3.63) is 22.3 Å². The Morgan fingerprint density at radius 2 is 2.10 bits per heavy atom. The maximum atomic E-state index is 14.3. The van der Waals surface area contributed by atoms with Crippen LogP contribution in [0.1, 0.15) is 25.5 Å². The minimum absolute atomic E-state index is 0.0457. The zero-order valence-corrected chi connectivity index (χ0v) is 12.5. The number of aromatic nitrogens is 2. The summed E-state index contributed by atoms with van der Waals surface area (Å²) < 4.78 is 35.3. The molecule has 0 amide bonds. The van der Waals surface area contributed by atoms with Gasteiger partial charge in [0.1, 0.15) is 5.52 Å². The first kappa shape index (κ1) is 14.9. The Hall–Kier alpha value is -1.03. The molecular weight excluding hydrogens is 349 g/mol. The molecular formula is C12H12BBrF2N2O3. The third-order valence-electron chi connectivity index (χ3n) is 3.59. The number of rotatable bonds is 2. The molecule has 112 valence electrons. The lowest BCUT2D eigenvalue weighted by Crippen LogP contribution is -2.35. The monoisotopic (exact) mass is 360 g/mol. The fraction of sp³-hybridized carbons (Fsp3) is 0.417. The Bertz CT molecular complexity index is 689. The van der Waals surface area contributed by atoms with Crippen LogP contribution in [-0.4, -0.2) is 33.6 Å². The van der Waals surface area contributed by atoms with Gasteiger partial charge in [-0.25, -0.2) is 13.5 Å². The minimum Gasteiger partial charge on any atom is -0.423 e. The second-order valence-corrected chi connectivity index (χ2v) is 5.69. The summed E-state index contributed by atoms with van der Waals surface area (Å²) in [6.45, 7) is 0.546. The molecule has 0 spiro atoms. The summed E-state index contributed by atoms with van der Waals surface area (Å²) in [5.74, 6) is -2.47. The Kier molecular flexibility index (Phi) is 4.00. The SMILES string of the molecule is OB(O)c1c(F)c(F)c2c(cnn2C2CCCCO2)c1Br. The lowest BCUT2D eigenvalue weighted by molar-refractivity contribution is -0.0369. The van der Waals surface area contributed by atoms with Crippen LogP contribution in [0.15, 0.2) is 10.7 Å². The summed E-state index contributed by atoms with van der Waals surface area (Å²) in [5, 5.41) is 22.7. The van der Waals surface area contributed by atoms with E-state index in [2.05, 4.69) is 21.0 Å². The molecule has 1 aliphatic rings. The molecule has 2 aromatic rings. The molecule has 0 bridgehead atoms. The minimum atomic E-state index is -2.12. The third-order valence-corrected chi connectivity index (χ3v) is 4.45. The predicted molar refractivity (Wildman–Crippen MR) is 76.0 cm³/mol. The molecule has 2 N–H and O–H groups in total. The van der Waals surface area contributed by atoms with Crippen LogP contribution in [0.5, 0.6) is 0 Å². The summed E-state index contributed by atoms with van der Waals surface area (Å²) >= 11 is 3.08. The van der Waals surface area contributed by atoms with Crippen molar-refractivity contribution < 1.29 is 23.6 Å². The van der Waals surface area contributed by atoms with E-state index in [1.54, 1.807) is 0 Å². The largest absolute Gasteiger partial charge is 0.492 e. The van der Waals surface area contributed by atoms with E-state index in [1.807, 2.05) is 0 Å². The summed E-state index contributed by atoms with van der Waals surface area (Å²) in [4.78, 5) is 0. The standard InChI is InChI=1S/C12H12BBrF2N2O3/c14-9-6-5-17-18(7-3-1-2-4-21-7)12(6)11(16)10(15)8(9)13(19)20/h5,7,19-20H,1-4H2. The third kappa shape index (κ3) is 2.38. The van der Waals surface area contributed by atoms with Gasteiger partial charge in [-0.15, -0.1) is 0 Å². The molecule has 0 radical (unpaired) electrons. The molecule has 1 aromatic carbocycles. The number of benzene rings is 1. The number of hydrogen-bond acceptors (Lipinski definition) is 4. The summed E-state index contributed by atoms with van der Waals surface area (Å²) in [5.41, 5.74) is -0.584. The van der Waals surface area contributed by atoms with Gasteiger partial charge in [0.05, 0.1) is 6.20 Å². The van der Waals surface area contributed by atoms with E-state index in [4.69, 9.17) is 4.74 Å². The number of fused-ring (bicyclic) bond motifs is 1. The molecule has 3 rings (SSSR count). The molecule has 21 heavy (non-hydrogen) atoms. The average Bonchev–Trinajstić information content (AvgIpc) is 2.91. The first-order valence-electron chi connectivity index (χ1n) is 6.53. The van der Waals surface area contributed by atoms with Crippen LogP contribution < -0.4 is 5.46 Å². The van der Waals surface area contributed by atoms with Gasteiger partial charge < -0.3 is 14.8 Å². The van der Waals surface area contributed by atoms with Gasteiger partial charge >= 0.3 is 7.12 Å². The fourth-order valence-corrected chi connectivity index (χ4v) is 3.24. The summed E-state index contributed by atoms with van der Waals surface area (Å²) in [6, 6.07) is 0. The van der Waals surface area contributed by atoms with Crippen molar-refractivity contribution in [3.63, 3.8) is 0 Å². The van der Waals surface area contributed by atoms with Gasteiger partial charge in [0.2, 0.25) is 0 Å². The quantitative estimate of drug-likeness (QED) is 0.628. The van der Waals surface area contributed by atoms with Crippen molar-refractivity contribution in [2.24, 2.45) is 0 Å². The fourth-order valence-electron chi connectivity index (χ4n) is 2.57. The number of halogens is 3. The molecule has 1 atom stereocenters. The lowest BCUT2D eigenvalue weighted by Gasteiger charge is -2.23. The van der Waals surface area contributed by atoms with Gasteiger partial charge in [-0.1, -0.05) is 15.9 Å². The van der Waals surface area contributed by atoms with E-state index in [0.717, 1.165) is 12.8 Å². The van der Waals surface area contributed by atoms with E-state index >= 15 is 0 Å². The van der Waals surface area contributed by atoms with Crippen LogP contribution in [0, 0.1) is 11.6 Å². The van der Waals surface area contributed by atoms with Gasteiger partial charge in [-0.05, 0) is 19.3 Å². The highest BCUT2D eigenvalue weighted by Gasteiger charge is 2.30. The topological polar surface area (TPSA) is 67.5 Å². The maximum absolute atomic E-state index is 14.3. The second-order valence-electron chi connectivity index (χ2n) is 4.90. The van der Waals surface area contributed by atoms with Gasteiger partial charge in [0.15, 0.2) is 17.9 Å².